The molecule has 40 heavy (non-hydrogen) atoms. The summed E-state index contributed by atoms with van der Waals surface area (Å²) in [5.74, 6) is -0.385. The molecule has 0 bridgehead atoms. The van der Waals surface area contributed by atoms with E-state index in [0.717, 1.165) is 0 Å². The first kappa shape index (κ1) is 29.6. The minimum Gasteiger partial charge on any atom is -0.465 e. The first-order chi connectivity index (χ1) is 19.0. The van der Waals surface area contributed by atoms with Crippen molar-refractivity contribution in [3.8, 4) is 5.75 Å². The van der Waals surface area contributed by atoms with Gasteiger partial charge in [-0.15, -0.1) is 0 Å². The summed E-state index contributed by atoms with van der Waals surface area (Å²) in [6.07, 6.45) is -2.59. The van der Waals surface area contributed by atoms with Crippen molar-refractivity contribution in [3.63, 3.8) is 0 Å². The van der Waals surface area contributed by atoms with Crippen LogP contribution >= 0.6 is 7.75 Å². The van der Waals surface area contributed by atoms with E-state index in [-0.39, 0.29) is 35.3 Å². The van der Waals surface area contributed by atoms with E-state index >= 15 is 0 Å². The molecule has 6 atom stereocenters. The number of carbonyl (C=O) groups excluding carboxylic acids is 1. The van der Waals surface area contributed by atoms with Gasteiger partial charge in [-0.05, 0) is 32.9 Å². The number of hydrogen-bond donors (Lipinski definition) is 5. The van der Waals surface area contributed by atoms with E-state index < -0.39 is 50.4 Å². The number of hydrogen-bond acceptors (Lipinski definition) is 14. The number of imidazole rings is 1. The van der Waals surface area contributed by atoms with Crippen LogP contribution in [0.1, 0.15) is 27.0 Å². The first-order valence-corrected chi connectivity index (χ1v) is 13.8. The molecule has 0 aliphatic carbocycles. The van der Waals surface area contributed by atoms with Crippen LogP contribution in [0.4, 0.5) is 11.8 Å². The number of ether oxygens (including phenoxy) is 2. The first-order valence-electron chi connectivity index (χ1n) is 12.3. The zero-order chi connectivity index (χ0) is 29.1. The summed E-state index contributed by atoms with van der Waals surface area (Å²) in [5, 5.41) is 24.8. The average molecular weight is 582 g/mol. The highest BCUT2D eigenvalue weighted by molar-refractivity contribution is 7.52. The maximum Gasteiger partial charge on any atom is 0.459 e. The molecule has 2 aromatic heterocycles. The van der Waals surface area contributed by atoms with Crippen molar-refractivity contribution in [3.05, 3.63) is 36.7 Å². The SMILES string of the molecule is CCOC(=O)[C@H](C)NP(=O)(OCC1O[C@@H](n2cnc3c(NOC)nc(N)nc32)[C@](C)(O)[C@@H]1O)Oc1ccccc1. The summed E-state index contributed by atoms with van der Waals surface area (Å²) < 4.78 is 37.3. The second-order valence-electron chi connectivity index (χ2n) is 9.06. The number of nitrogens with one attached hydrogen (secondary N) is 2. The minimum atomic E-state index is -4.24. The van der Waals surface area contributed by atoms with Gasteiger partial charge in [0.15, 0.2) is 23.2 Å². The number of rotatable bonds is 12. The number of aliphatic hydroxyl groups is 2. The highest BCUT2D eigenvalue weighted by Crippen LogP contribution is 2.47. The fourth-order valence-corrected chi connectivity index (χ4v) is 5.59. The van der Waals surface area contributed by atoms with E-state index in [1.807, 2.05) is 0 Å². The number of aliphatic hydroxyl groups excluding tert-OH is 1. The Labute approximate surface area is 229 Å². The summed E-state index contributed by atoms with van der Waals surface area (Å²) >= 11 is 0. The van der Waals surface area contributed by atoms with E-state index in [0.29, 0.717) is 0 Å². The number of nitrogens with zero attached hydrogens (tertiary/aromatic N) is 4. The van der Waals surface area contributed by atoms with Crippen molar-refractivity contribution < 1.29 is 42.9 Å². The van der Waals surface area contributed by atoms with E-state index in [1.54, 1.807) is 37.3 Å². The molecule has 16 nitrogen and oxygen atoms in total. The van der Waals surface area contributed by atoms with Gasteiger partial charge >= 0.3 is 13.7 Å². The largest absolute Gasteiger partial charge is 0.465 e. The van der Waals surface area contributed by atoms with Gasteiger partial charge in [-0.3, -0.25) is 18.7 Å². The number of nitrogens with two attached hydrogens (primary N) is 1. The molecule has 1 saturated heterocycles. The Kier molecular flexibility index (Phi) is 8.90. The molecule has 0 spiro atoms. The summed E-state index contributed by atoms with van der Waals surface area (Å²) in [4.78, 5) is 29.6. The summed E-state index contributed by atoms with van der Waals surface area (Å²) in [5.41, 5.74) is 6.96. The molecule has 0 radical (unpaired) electrons. The van der Waals surface area contributed by atoms with Crippen molar-refractivity contribution in [1.29, 1.82) is 0 Å². The standard InChI is InChI=1S/C23H32N7O9P/c1-5-36-20(32)13(2)29-40(34,39-14-9-7-6-8-10-14)37-11-15-17(31)23(3,33)21(38-15)30-12-25-16-18(28-35-4)26-22(24)27-19(16)30/h6-10,12-13,15,17,21,31,33H,5,11H2,1-4H3,(H,29,34)(H3,24,26,27,28)/t13-,15?,17+,21+,23+,40?/m0/s1. The molecule has 0 amide bonds. The quantitative estimate of drug-likeness (QED) is 0.115. The minimum absolute atomic E-state index is 0.104. The third kappa shape index (κ3) is 6.18. The van der Waals surface area contributed by atoms with Gasteiger partial charge in [-0.25, -0.2) is 15.0 Å². The number of carbonyl (C=O) groups is 1. The lowest BCUT2D eigenvalue weighted by Crippen LogP contribution is -2.44. The van der Waals surface area contributed by atoms with Crippen molar-refractivity contribution in [2.75, 3.05) is 31.5 Å². The van der Waals surface area contributed by atoms with Crippen LogP contribution < -0.4 is 20.8 Å². The maximum absolute atomic E-state index is 13.7. The zero-order valence-corrected chi connectivity index (χ0v) is 23.1. The molecule has 0 saturated carbocycles. The molecule has 1 aromatic carbocycles. The Morgan fingerprint density at radius 3 is 2.73 bits per heavy atom. The molecule has 4 rings (SSSR count). The van der Waals surface area contributed by atoms with E-state index in [4.69, 9.17) is 29.1 Å². The fourth-order valence-electron chi connectivity index (χ4n) is 4.09. The van der Waals surface area contributed by atoms with Crippen LogP contribution in [0.15, 0.2) is 36.7 Å². The molecule has 17 heteroatoms. The molecule has 1 aliphatic heterocycles. The van der Waals surface area contributed by atoms with Crippen LogP contribution in [-0.2, 0) is 28.2 Å². The van der Waals surface area contributed by atoms with Crippen LogP contribution in [0.3, 0.4) is 0 Å². The van der Waals surface area contributed by atoms with Crippen molar-refractivity contribution >= 4 is 36.6 Å². The molecule has 3 heterocycles. The van der Waals surface area contributed by atoms with Gasteiger partial charge in [-0.2, -0.15) is 15.1 Å². The Bertz CT molecular complexity index is 1370. The number of nitrogen functional groups attached to an aromatic ring is 1. The van der Waals surface area contributed by atoms with E-state index in [9.17, 15) is 19.6 Å². The third-order valence-corrected chi connectivity index (χ3v) is 7.66. The van der Waals surface area contributed by atoms with E-state index in [1.165, 1.54) is 31.9 Å². The second kappa shape index (κ2) is 12.0. The van der Waals surface area contributed by atoms with Crippen LogP contribution in [0.2, 0.25) is 0 Å². The van der Waals surface area contributed by atoms with E-state index in [2.05, 4.69) is 25.5 Å². The Balaban J connectivity index is 1.57. The summed E-state index contributed by atoms with van der Waals surface area (Å²) in [6, 6.07) is 7.12. The molecule has 1 fully saturated rings. The van der Waals surface area contributed by atoms with Gasteiger partial charge in [0.05, 0.1) is 26.7 Å². The summed E-state index contributed by atoms with van der Waals surface area (Å²) in [6.45, 7) is 4.06. The average Bonchev–Trinajstić information content (AvgIpc) is 3.41. The van der Waals surface area contributed by atoms with Gasteiger partial charge in [0.2, 0.25) is 5.95 Å². The van der Waals surface area contributed by atoms with Gasteiger partial charge in [0.25, 0.3) is 0 Å². The van der Waals surface area contributed by atoms with Gasteiger partial charge in [0.1, 0.15) is 29.6 Å². The number of aromatic nitrogens is 4. The Morgan fingerprint density at radius 1 is 1.32 bits per heavy atom. The topological polar surface area (TPSA) is 214 Å². The molecular weight excluding hydrogens is 549 g/mol. The van der Waals surface area contributed by atoms with Crippen LogP contribution in [0.5, 0.6) is 5.75 Å². The zero-order valence-electron chi connectivity index (χ0n) is 22.3. The molecule has 6 N–H and O–H groups in total. The molecule has 1 aliphatic rings. The molecule has 3 aromatic rings. The molecule has 2 unspecified atom stereocenters. The number of anilines is 2. The predicted octanol–water partition coefficient (Wildman–Crippen LogP) is 1.14. The molecule has 218 valence electrons. The van der Waals surface area contributed by atoms with Crippen LogP contribution in [-0.4, -0.2) is 79.9 Å². The van der Waals surface area contributed by atoms with Gasteiger partial charge in [-0.1, -0.05) is 18.2 Å². The lowest BCUT2D eigenvalue weighted by molar-refractivity contribution is -0.144. The number of para-hydroxylation sites is 1. The van der Waals surface area contributed by atoms with Crippen LogP contribution in [0.25, 0.3) is 11.2 Å². The Hall–Kier alpha value is -3.37. The number of fused-ring (bicyclic) bond motifs is 1. The normalized spacial score (nSPS) is 24.9. The van der Waals surface area contributed by atoms with Gasteiger partial charge < -0.3 is 29.9 Å². The van der Waals surface area contributed by atoms with Crippen molar-refractivity contribution in [2.24, 2.45) is 0 Å². The predicted molar refractivity (Wildman–Crippen MR) is 141 cm³/mol. The highest BCUT2D eigenvalue weighted by atomic mass is 31.2. The highest BCUT2D eigenvalue weighted by Gasteiger charge is 2.54. The monoisotopic (exact) mass is 581 g/mol. The molecular formula is C23H32N7O9P. The second-order valence-corrected chi connectivity index (χ2v) is 10.8. The lowest BCUT2D eigenvalue weighted by atomic mass is 9.96. The lowest BCUT2D eigenvalue weighted by Gasteiger charge is -2.27. The van der Waals surface area contributed by atoms with Crippen LogP contribution in [0, 0.1) is 0 Å². The number of esters is 1. The van der Waals surface area contributed by atoms with Gasteiger partial charge in [0, 0.05) is 0 Å². The Morgan fingerprint density at radius 2 is 2.05 bits per heavy atom. The third-order valence-electron chi connectivity index (χ3n) is 6.01. The number of benzene rings is 1. The maximum atomic E-state index is 13.7. The fraction of sp³-hybridized carbons (Fsp3) is 0.478. The smallest absolute Gasteiger partial charge is 0.459 e. The van der Waals surface area contributed by atoms with Crippen molar-refractivity contribution in [2.45, 2.75) is 50.8 Å². The summed E-state index contributed by atoms with van der Waals surface area (Å²) in [7, 11) is -2.85. The van der Waals surface area contributed by atoms with Crippen molar-refractivity contribution in [1.82, 2.24) is 24.6 Å².